The predicted molar refractivity (Wildman–Crippen MR) is 94.0 cm³/mol. The van der Waals surface area contributed by atoms with E-state index < -0.39 is 0 Å². The van der Waals surface area contributed by atoms with Crippen LogP contribution in [0.25, 0.3) is 0 Å². The van der Waals surface area contributed by atoms with Crippen LogP contribution in [-0.4, -0.2) is 0 Å². The van der Waals surface area contributed by atoms with Crippen LogP contribution in [-0.2, 0) is 4.84 Å². The van der Waals surface area contributed by atoms with E-state index in [-0.39, 0.29) is 12.1 Å². The molecule has 1 aromatic carbocycles. The van der Waals surface area contributed by atoms with Crippen molar-refractivity contribution in [2.45, 2.75) is 65.0 Å². The molecule has 0 aliphatic carbocycles. The first-order valence-corrected chi connectivity index (χ1v) is 8.77. The summed E-state index contributed by atoms with van der Waals surface area (Å²) in [6, 6.07) is 14.6. The van der Waals surface area contributed by atoms with Crippen molar-refractivity contribution >= 4 is 0 Å². The van der Waals surface area contributed by atoms with E-state index in [0.29, 0.717) is 0 Å². The second kappa shape index (κ2) is 9.53. The third kappa shape index (κ3) is 5.52. The van der Waals surface area contributed by atoms with Crippen LogP contribution >= 0.6 is 0 Å². The number of nitrogens with one attached hydrogen (secondary N) is 1. The standard InChI is InChI=1S/C20H29NO2/c1-4-6-13-18(20-15-14-16(3)22-20)21-23-19(10-5-2)17-11-8-7-9-12-17/h7-9,11-12,14-15,18-19,21H,4-6,10,13H2,1-3H3/t18-,19-/m1/s1. The minimum Gasteiger partial charge on any atom is -0.465 e. The van der Waals surface area contributed by atoms with Gasteiger partial charge in [-0.3, -0.25) is 4.84 Å². The van der Waals surface area contributed by atoms with Crippen LogP contribution in [0.15, 0.2) is 46.9 Å². The third-order valence-corrected chi connectivity index (χ3v) is 4.03. The fourth-order valence-electron chi connectivity index (χ4n) is 2.70. The van der Waals surface area contributed by atoms with Gasteiger partial charge in [-0.15, -0.1) is 0 Å². The second-order valence-electron chi connectivity index (χ2n) is 6.07. The Labute approximate surface area is 140 Å². The highest BCUT2D eigenvalue weighted by molar-refractivity contribution is 5.17. The van der Waals surface area contributed by atoms with Gasteiger partial charge >= 0.3 is 0 Å². The lowest BCUT2D eigenvalue weighted by Gasteiger charge is -2.22. The van der Waals surface area contributed by atoms with E-state index in [2.05, 4.69) is 43.6 Å². The van der Waals surface area contributed by atoms with Gasteiger partial charge in [-0.05, 0) is 37.5 Å². The molecule has 2 atom stereocenters. The van der Waals surface area contributed by atoms with Crippen molar-refractivity contribution in [1.82, 2.24) is 5.48 Å². The van der Waals surface area contributed by atoms with E-state index >= 15 is 0 Å². The van der Waals surface area contributed by atoms with Crippen LogP contribution in [0, 0.1) is 6.92 Å². The molecule has 126 valence electrons. The number of rotatable bonds is 10. The van der Waals surface area contributed by atoms with Gasteiger partial charge < -0.3 is 4.42 Å². The third-order valence-electron chi connectivity index (χ3n) is 4.03. The van der Waals surface area contributed by atoms with Crippen molar-refractivity contribution in [2.24, 2.45) is 0 Å². The zero-order valence-corrected chi connectivity index (χ0v) is 14.5. The van der Waals surface area contributed by atoms with Gasteiger partial charge in [-0.25, -0.2) is 0 Å². The van der Waals surface area contributed by atoms with Crippen LogP contribution in [0.5, 0.6) is 0 Å². The summed E-state index contributed by atoms with van der Waals surface area (Å²) in [4.78, 5) is 6.08. The zero-order valence-electron chi connectivity index (χ0n) is 14.5. The predicted octanol–water partition coefficient (Wildman–Crippen LogP) is 5.88. The molecule has 0 saturated carbocycles. The number of hydroxylamine groups is 1. The van der Waals surface area contributed by atoms with Crippen LogP contribution in [0.2, 0.25) is 0 Å². The first-order chi connectivity index (χ1) is 11.2. The maximum absolute atomic E-state index is 6.08. The normalized spacial score (nSPS) is 13.9. The first-order valence-electron chi connectivity index (χ1n) is 8.77. The Morgan fingerprint density at radius 2 is 1.78 bits per heavy atom. The van der Waals surface area contributed by atoms with Gasteiger partial charge in [-0.1, -0.05) is 63.4 Å². The molecule has 1 N–H and O–H groups in total. The lowest BCUT2D eigenvalue weighted by molar-refractivity contribution is -0.0557. The lowest BCUT2D eigenvalue weighted by atomic mass is 10.1. The lowest BCUT2D eigenvalue weighted by Crippen LogP contribution is -2.24. The number of hydrogen-bond donors (Lipinski definition) is 1. The summed E-state index contributed by atoms with van der Waals surface area (Å²) >= 11 is 0. The van der Waals surface area contributed by atoms with Gasteiger partial charge in [0.1, 0.15) is 17.6 Å². The van der Waals surface area contributed by atoms with E-state index in [9.17, 15) is 0 Å². The average Bonchev–Trinajstić information content (AvgIpc) is 3.01. The summed E-state index contributed by atoms with van der Waals surface area (Å²) in [5, 5.41) is 0. The summed E-state index contributed by atoms with van der Waals surface area (Å²) < 4.78 is 5.80. The van der Waals surface area contributed by atoms with Gasteiger partial charge in [0.25, 0.3) is 0 Å². The molecule has 23 heavy (non-hydrogen) atoms. The van der Waals surface area contributed by atoms with Gasteiger partial charge in [0.15, 0.2) is 0 Å². The van der Waals surface area contributed by atoms with Gasteiger partial charge in [0.2, 0.25) is 0 Å². The highest BCUT2D eigenvalue weighted by Crippen LogP contribution is 2.26. The Hall–Kier alpha value is -1.58. The minimum absolute atomic E-state index is 0.0707. The minimum atomic E-state index is 0.0707. The second-order valence-corrected chi connectivity index (χ2v) is 6.07. The fourth-order valence-corrected chi connectivity index (χ4v) is 2.70. The molecule has 0 aliphatic heterocycles. The SMILES string of the molecule is CCCC[C@@H](NO[C@H](CCC)c1ccccc1)c1ccc(C)o1. The fraction of sp³-hybridized carbons (Fsp3) is 0.500. The maximum atomic E-state index is 6.08. The molecule has 0 aliphatic rings. The quantitative estimate of drug-likeness (QED) is 0.556. The van der Waals surface area contributed by atoms with Crippen molar-refractivity contribution in [2.75, 3.05) is 0 Å². The molecule has 3 heteroatoms. The Kier molecular flexibility index (Phi) is 7.37. The Morgan fingerprint density at radius 1 is 1.00 bits per heavy atom. The number of unbranched alkanes of at least 4 members (excludes halogenated alkanes) is 1. The monoisotopic (exact) mass is 315 g/mol. The van der Waals surface area contributed by atoms with E-state index in [0.717, 1.165) is 43.6 Å². The maximum Gasteiger partial charge on any atom is 0.123 e. The molecule has 1 heterocycles. The highest BCUT2D eigenvalue weighted by atomic mass is 16.7. The highest BCUT2D eigenvalue weighted by Gasteiger charge is 2.18. The summed E-state index contributed by atoms with van der Waals surface area (Å²) in [7, 11) is 0. The van der Waals surface area contributed by atoms with E-state index in [1.165, 1.54) is 5.56 Å². The Bertz CT molecular complexity index is 550. The van der Waals surface area contributed by atoms with Crippen molar-refractivity contribution in [3.8, 4) is 0 Å². The summed E-state index contributed by atoms with van der Waals surface area (Å²) in [6.07, 6.45) is 5.47. The summed E-state index contributed by atoms with van der Waals surface area (Å²) in [5.74, 6) is 1.90. The van der Waals surface area contributed by atoms with E-state index in [4.69, 9.17) is 9.25 Å². The molecule has 2 rings (SSSR count). The van der Waals surface area contributed by atoms with Gasteiger partial charge in [0.05, 0.1) is 6.04 Å². The van der Waals surface area contributed by atoms with E-state index in [1.807, 2.05) is 25.1 Å². The van der Waals surface area contributed by atoms with Crippen LogP contribution in [0.1, 0.15) is 75.2 Å². The van der Waals surface area contributed by atoms with Gasteiger partial charge in [-0.2, -0.15) is 5.48 Å². The molecular formula is C20H29NO2. The number of aryl methyl sites for hydroxylation is 1. The molecule has 0 unspecified atom stereocenters. The van der Waals surface area contributed by atoms with Gasteiger partial charge in [0, 0.05) is 0 Å². The van der Waals surface area contributed by atoms with Crippen LogP contribution < -0.4 is 5.48 Å². The first kappa shape index (κ1) is 17.8. The molecule has 0 radical (unpaired) electrons. The topological polar surface area (TPSA) is 34.4 Å². The molecule has 0 saturated heterocycles. The van der Waals surface area contributed by atoms with Crippen molar-refractivity contribution in [1.29, 1.82) is 0 Å². The molecule has 0 amide bonds. The number of benzene rings is 1. The van der Waals surface area contributed by atoms with Crippen molar-refractivity contribution in [3.05, 3.63) is 59.5 Å². The summed E-state index contributed by atoms with van der Waals surface area (Å²) in [6.45, 7) is 6.37. The Morgan fingerprint density at radius 3 is 2.39 bits per heavy atom. The number of furan rings is 1. The largest absolute Gasteiger partial charge is 0.465 e. The molecule has 2 aromatic rings. The Balaban J connectivity index is 2.02. The van der Waals surface area contributed by atoms with E-state index in [1.54, 1.807) is 0 Å². The molecule has 0 fully saturated rings. The average molecular weight is 315 g/mol. The molecule has 3 nitrogen and oxygen atoms in total. The van der Waals surface area contributed by atoms with Crippen molar-refractivity contribution < 1.29 is 9.25 Å². The molecule has 0 spiro atoms. The molecular weight excluding hydrogens is 286 g/mol. The van der Waals surface area contributed by atoms with Crippen LogP contribution in [0.3, 0.4) is 0 Å². The van der Waals surface area contributed by atoms with Crippen molar-refractivity contribution in [3.63, 3.8) is 0 Å². The summed E-state index contributed by atoms with van der Waals surface area (Å²) in [5.41, 5.74) is 4.49. The molecule has 1 aromatic heterocycles. The van der Waals surface area contributed by atoms with Crippen LogP contribution in [0.4, 0.5) is 0 Å². The molecule has 0 bridgehead atoms. The smallest absolute Gasteiger partial charge is 0.123 e. The number of hydrogen-bond acceptors (Lipinski definition) is 3. The zero-order chi connectivity index (χ0) is 16.5.